The molecule has 1 nitrogen and oxygen atoms in total. The summed E-state index contributed by atoms with van der Waals surface area (Å²) >= 11 is 0. The van der Waals surface area contributed by atoms with E-state index in [4.69, 9.17) is 0 Å². The molecule has 0 aliphatic carbocycles. The molecular formula is C22H22O. The molecule has 0 radical (unpaired) electrons. The summed E-state index contributed by atoms with van der Waals surface area (Å²) in [5.41, 5.74) is 3.54. The highest BCUT2D eigenvalue weighted by molar-refractivity contribution is 5.98. The van der Waals surface area contributed by atoms with Gasteiger partial charge in [0.1, 0.15) is 0 Å². The Morgan fingerprint density at radius 1 is 0.696 bits per heavy atom. The van der Waals surface area contributed by atoms with Crippen LogP contribution in [0.5, 0.6) is 0 Å². The lowest BCUT2D eigenvalue weighted by atomic mass is 9.99. The highest BCUT2D eigenvalue weighted by Gasteiger charge is 2.02. The normalized spacial score (nSPS) is 10.8. The van der Waals surface area contributed by atoms with Gasteiger partial charge < -0.3 is 0 Å². The standard InChI is InChI=1S/C22H22O/c23-17-21-13-7-12-20-15-14-19(16-22(20)21)11-6-2-5-10-18-8-3-1-4-9-18/h1,3-4,7-9,12-17H,2,5-6,10-11H2. The Labute approximate surface area is 138 Å². The van der Waals surface area contributed by atoms with E-state index in [0.29, 0.717) is 0 Å². The van der Waals surface area contributed by atoms with Gasteiger partial charge in [0, 0.05) is 5.56 Å². The zero-order valence-corrected chi connectivity index (χ0v) is 13.4. The molecule has 0 N–H and O–H groups in total. The van der Waals surface area contributed by atoms with Crippen LogP contribution in [-0.2, 0) is 12.8 Å². The molecule has 0 aliphatic rings. The van der Waals surface area contributed by atoms with Crippen molar-refractivity contribution in [2.45, 2.75) is 32.1 Å². The first-order valence-electron chi connectivity index (χ1n) is 8.37. The quantitative estimate of drug-likeness (QED) is 0.409. The monoisotopic (exact) mass is 302 g/mol. The Balaban J connectivity index is 1.54. The lowest BCUT2D eigenvalue weighted by Crippen LogP contribution is -1.90. The number of fused-ring (bicyclic) bond motifs is 1. The summed E-state index contributed by atoms with van der Waals surface area (Å²) in [4.78, 5) is 11.2. The van der Waals surface area contributed by atoms with E-state index < -0.39 is 0 Å². The third-order valence-corrected chi connectivity index (χ3v) is 4.38. The van der Waals surface area contributed by atoms with E-state index in [-0.39, 0.29) is 0 Å². The number of hydrogen-bond acceptors (Lipinski definition) is 1. The Kier molecular flexibility index (Phi) is 5.21. The molecule has 0 saturated heterocycles. The average Bonchev–Trinajstić information content (AvgIpc) is 2.61. The van der Waals surface area contributed by atoms with Gasteiger partial charge in [-0.1, -0.05) is 73.2 Å². The van der Waals surface area contributed by atoms with Gasteiger partial charge in [-0.2, -0.15) is 0 Å². The summed E-state index contributed by atoms with van der Waals surface area (Å²) in [5.74, 6) is 0. The van der Waals surface area contributed by atoms with Crippen LogP contribution in [0, 0.1) is 0 Å². The molecular weight excluding hydrogens is 280 g/mol. The van der Waals surface area contributed by atoms with Crippen molar-refractivity contribution in [2.24, 2.45) is 0 Å². The molecule has 3 rings (SSSR count). The highest BCUT2D eigenvalue weighted by Crippen LogP contribution is 2.20. The molecule has 116 valence electrons. The van der Waals surface area contributed by atoms with Gasteiger partial charge in [-0.25, -0.2) is 0 Å². The number of aldehydes is 1. The second-order valence-electron chi connectivity index (χ2n) is 6.07. The van der Waals surface area contributed by atoms with Crippen molar-refractivity contribution >= 4 is 17.1 Å². The minimum atomic E-state index is 0.786. The number of benzene rings is 3. The van der Waals surface area contributed by atoms with Crippen LogP contribution in [0.2, 0.25) is 0 Å². The van der Waals surface area contributed by atoms with Gasteiger partial charge in [0.2, 0.25) is 0 Å². The summed E-state index contributed by atoms with van der Waals surface area (Å²) in [6, 6.07) is 23.1. The van der Waals surface area contributed by atoms with Crippen LogP contribution in [0.4, 0.5) is 0 Å². The SMILES string of the molecule is O=Cc1cccc2ccc(CCCCCc3ccccc3)cc12. The molecule has 0 atom stereocenters. The molecule has 1 heteroatoms. The fourth-order valence-corrected chi connectivity index (χ4v) is 3.08. The predicted octanol–water partition coefficient (Wildman–Crippen LogP) is 5.61. The molecule has 0 heterocycles. The van der Waals surface area contributed by atoms with Crippen molar-refractivity contribution in [1.82, 2.24) is 0 Å². The van der Waals surface area contributed by atoms with Crippen LogP contribution in [-0.4, -0.2) is 6.29 Å². The average molecular weight is 302 g/mol. The molecule has 0 bridgehead atoms. The molecule has 3 aromatic rings. The maximum atomic E-state index is 11.2. The maximum absolute atomic E-state index is 11.2. The number of aryl methyl sites for hydroxylation is 2. The molecule has 0 unspecified atom stereocenters. The molecule has 0 aromatic heterocycles. The van der Waals surface area contributed by atoms with E-state index in [1.807, 2.05) is 12.1 Å². The molecule has 0 fully saturated rings. The summed E-state index contributed by atoms with van der Waals surface area (Å²) in [6.45, 7) is 0. The Hall–Kier alpha value is -2.41. The predicted molar refractivity (Wildman–Crippen MR) is 97.0 cm³/mol. The number of hydrogen-bond donors (Lipinski definition) is 0. The second-order valence-corrected chi connectivity index (χ2v) is 6.07. The van der Waals surface area contributed by atoms with Crippen molar-refractivity contribution in [1.29, 1.82) is 0 Å². The minimum Gasteiger partial charge on any atom is -0.298 e. The number of unbranched alkanes of at least 4 members (excludes halogenated alkanes) is 2. The first-order chi connectivity index (χ1) is 11.4. The highest BCUT2D eigenvalue weighted by atomic mass is 16.1. The van der Waals surface area contributed by atoms with Crippen molar-refractivity contribution in [3.63, 3.8) is 0 Å². The fourth-order valence-electron chi connectivity index (χ4n) is 3.08. The Morgan fingerprint density at radius 3 is 2.26 bits per heavy atom. The van der Waals surface area contributed by atoms with Gasteiger partial charge in [0.15, 0.2) is 6.29 Å². The lowest BCUT2D eigenvalue weighted by molar-refractivity contribution is 0.112. The minimum absolute atomic E-state index is 0.786. The molecule has 23 heavy (non-hydrogen) atoms. The number of carbonyl (C=O) groups is 1. The van der Waals surface area contributed by atoms with Crippen molar-refractivity contribution < 1.29 is 4.79 Å². The van der Waals surface area contributed by atoms with Crippen LogP contribution >= 0.6 is 0 Å². The fraction of sp³-hybridized carbons (Fsp3) is 0.227. The van der Waals surface area contributed by atoms with Gasteiger partial charge in [0.25, 0.3) is 0 Å². The summed E-state index contributed by atoms with van der Waals surface area (Å²) in [6.07, 6.45) is 6.86. The van der Waals surface area contributed by atoms with Gasteiger partial charge in [-0.15, -0.1) is 0 Å². The smallest absolute Gasteiger partial charge is 0.150 e. The third-order valence-electron chi connectivity index (χ3n) is 4.38. The van der Waals surface area contributed by atoms with Crippen LogP contribution in [0.1, 0.15) is 40.7 Å². The van der Waals surface area contributed by atoms with E-state index in [1.54, 1.807) is 0 Å². The van der Waals surface area contributed by atoms with Gasteiger partial charge in [-0.3, -0.25) is 4.79 Å². The van der Waals surface area contributed by atoms with E-state index in [1.165, 1.54) is 30.4 Å². The largest absolute Gasteiger partial charge is 0.298 e. The zero-order valence-electron chi connectivity index (χ0n) is 13.4. The Bertz CT molecular complexity index is 774. The van der Waals surface area contributed by atoms with Crippen molar-refractivity contribution in [3.8, 4) is 0 Å². The first kappa shape index (κ1) is 15.5. The molecule has 0 spiro atoms. The summed E-state index contributed by atoms with van der Waals surface area (Å²) < 4.78 is 0. The van der Waals surface area contributed by atoms with Crippen LogP contribution in [0.25, 0.3) is 10.8 Å². The van der Waals surface area contributed by atoms with Crippen LogP contribution in [0.3, 0.4) is 0 Å². The van der Waals surface area contributed by atoms with Gasteiger partial charge in [-0.05, 0) is 47.6 Å². The second kappa shape index (κ2) is 7.73. The third kappa shape index (κ3) is 4.07. The van der Waals surface area contributed by atoms with Crippen molar-refractivity contribution in [3.05, 3.63) is 83.4 Å². The molecule has 0 aliphatic heterocycles. The van der Waals surface area contributed by atoms with Crippen molar-refractivity contribution in [2.75, 3.05) is 0 Å². The Morgan fingerprint density at radius 2 is 1.48 bits per heavy atom. The zero-order chi connectivity index (χ0) is 15.9. The topological polar surface area (TPSA) is 17.1 Å². The van der Waals surface area contributed by atoms with Crippen LogP contribution < -0.4 is 0 Å². The molecule has 0 amide bonds. The molecule has 0 saturated carbocycles. The lowest BCUT2D eigenvalue weighted by Gasteiger charge is -2.06. The van der Waals surface area contributed by atoms with Gasteiger partial charge >= 0.3 is 0 Å². The first-order valence-corrected chi connectivity index (χ1v) is 8.37. The van der Waals surface area contributed by atoms with Gasteiger partial charge in [0.05, 0.1) is 0 Å². The number of carbonyl (C=O) groups excluding carboxylic acids is 1. The summed E-state index contributed by atoms with van der Waals surface area (Å²) in [5, 5.41) is 2.21. The summed E-state index contributed by atoms with van der Waals surface area (Å²) in [7, 11) is 0. The van der Waals surface area contributed by atoms with E-state index in [9.17, 15) is 4.79 Å². The van der Waals surface area contributed by atoms with E-state index in [2.05, 4.69) is 54.6 Å². The maximum Gasteiger partial charge on any atom is 0.150 e. The number of rotatable bonds is 7. The molecule has 3 aromatic carbocycles. The van der Waals surface area contributed by atoms with E-state index in [0.717, 1.165) is 35.5 Å². The van der Waals surface area contributed by atoms with E-state index >= 15 is 0 Å². The van der Waals surface area contributed by atoms with Crippen LogP contribution in [0.15, 0.2) is 66.7 Å².